The van der Waals surface area contributed by atoms with Gasteiger partial charge in [0, 0.05) is 5.69 Å². The van der Waals surface area contributed by atoms with Gasteiger partial charge in [-0.2, -0.15) is 0 Å². The van der Waals surface area contributed by atoms with E-state index in [1.165, 1.54) is 4.90 Å². The van der Waals surface area contributed by atoms with E-state index in [-0.39, 0.29) is 23.6 Å². The Morgan fingerprint density at radius 3 is 2.09 bits per heavy atom. The van der Waals surface area contributed by atoms with Crippen LogP contribution in [0.3, 0.4) is 0 Å². The Kier molecular flexibility index (Phi) is 6.29. The summed E-state index contributed by atoms with van der Waals surface area (Å²) in [5.74, 6) is 0.0444. The van der Waals surface area contributed by atoms with Crippen LogP contribution in [0.5, 0.6) is 5.75 Å². The number of nitrogens with zero attached hydrogens (tertiary/aromatic N) is 1. The number of hydrogen-bond donors (Lipinski definition) is 1. The van der Waals surface area contributed by atoms with E-state index < -0.39 is 0 Å². The second-order valence-electron chi connectivity index (χ2n) is 9.10. The second-order valence-corrected chi connectivity index (χ2v) is 9.10. The number of carbonyl (C=O) groups is 2. The van der Waals surface area contributed by atoms with Gasteiger partial charge in [0.25, 0.3) is 11.8 Å². The molecule has 0 aliphatic carbocycles. The lowest BCUT2D eigenvalue weighted by Gasteiger charge is -2.17. The minimum Gasteiger partial charge on any atom is -0.491 e. The minimum absolute atomic E-state index is 0.0678. The van der Waals surface area contributed by atoms with Crippen molar-refractivity contribution < 1.29 is 14.3 Å². The average molecular weight is 455 g/mol. The highest BCUT2D eigenvalue weighted by molar-refractivity contribution is 6.46. The lowest BCUT2D eigenvalue weighted by Crippen LogP contribution is -2.32. The summed E-state index contributed by atoms with van der Waals surface area (Å²) in [5, 5.41) is 3.23. The van der Waals surface area contributed by atoms with Gasteiger partial charge >= 0.3 is 0 Å². The first kappa shape index (κ1) is 23.3. The molecule has 0 atom stereocenters. The first-order chi connectivity index (χ1) is 16.2. The molecule has 0 fully saturated rings. The van der Waals surface area contributed by atoms with E-state index in [9.17, 15) is 9.59 Å². The Bertz CT molecular complexity index is 1300. The number of carbonyl (C=O) groups excluding carboxylic acids is 2. The molecule has 3 aromatic rings. The van der Waals surface area contributed by atoms with Gasteiger partial charge in [0.05, 0.1) is 17.4 Å². The topological polar surface area (TPSA) is 58.6 Å². The Labute approximate surface area is 201 Å². The zero-order valence-corrected chi connectivity index (χ0v) is 20.5. The third kappa shape index (κ3) is 4.46. The lowest BCUT2D eigenvalue weighted by atomic mass is 9.97. The zero-order valence-electron chi connectivity index (χ0n) is 20.5. The van der Waals surface area contributed by atoms with E-state index in [2.05, 4.69) is 5.32 Å². The van der Waals surface area contributed by atoms with Gasteiger partial charge in [0.15, 0.2) is 0 Å². The molecule has 5 nitrogen and oxygen atoms in total. The minimum atomic E-state index is -0.370. The van der Waals surface area contributed by atoms with Crippen molar-refractivity contribution in [2.24, 2.45) is 0 Å². The predicted molar refractivity (Wildman–Crippen MR) is 137 cm³/mol. The van der Waals surface area contributed by atoms with Crippen LogP contribution in [0, 0.1) is 27.7 Å². The van der Waals surface area contributed by atoms with Crippen LogP contribution in [0.4, 0.5) is 11.4 Å². The normalized spacial score (nSPS) is 13.8. The SMILES string of the molecule is Cc1ccc(C2=C(Nc3ccc(OC(C)C)cc3)C(=O)N(c3ccc(C)c(C)c3)C2=O)c(C)c1. The largest absolute Gasteiger partial charge is 0.491 e. The molecule has 174 valence electrons. The van der Waals surface area contributed by atoms with Gasteiger partial charge in [-0.3, -0.25) is 9.59 Å². The fraction of sp³-hybridized carbons (Fsp3) is 0.241. The van der Waals surface area contributed by atoms with E-state index >= 15 is 0 Å². The molecule has 5 heteroatoms. The number of benzene rings is 3. The number of amides is 2. The van der Waals surface area contributed by atoms with Crippen molar-refractivity contribution in [1.82, 2.24) is 0 Å². The van der Waals surface area contributed by atoms with Gasteiger partial charge in [-0.1, -0.05) is 29.8 Å². The van der Waals surface area contributed by atoms with Crippen LogP contribution in [0.25, 0.3) is 5.57 Å². The Morgan fingerprint density at radius 2 is 1.47 bits per heavy atom. The number of nitrogens with one attached hydrogen (secondary N) is 1. The molecule has 34 heavy (non-hydrogen) atoms. The van der Waals surface area contributed by atoms with E-state index in [1.807, 2.05) is 102 Å². The summed E-state index contributed by atoms with van der Waals surface area (Å²) in [6, 6.07) is 18.9. The fourth-order valence-electron chi connectivity index (χ4n) is 4.12. The maximum absolute atomic E-state index is 13.7. The molecular weight excluding hydrogens is 424 g/mol. The van der Waals surface area contributed by atoms with Gasteiger partial charge < -0.3 is 10.1 Å². The maximum atomic E-state index is 13.7. The van der Waals surface area contributed by atoms with Crippen molar-refractivity contribution in [2.45, 2.75) is 47.6 Å². The van der Waals surface area contributed by atoms with Crippen LogP contribution in [-0.4, -0.2) is 17.9 Å². The Hall–Kier alpha value is -3.86. The summed E-state index contributed by atoms with van der Waals surface area (Å²) in [6.07, 6.45) is 0.0678. The molecule has 1 heterocycles. The highest BCUT2D eigenvalue weighted by Crippen LogP contribution is 2.36. The number of hydrogen-bond acceptors (Lipinski definition) is 4. The van der Waals surface area contributed by atoms with Crippen molar-refractivity contribution in [2.75, 3.05) is 10.2 Å². The van der Waals surface area contributed by atoms with E-state index in [1.54, 1.807) is 0 Å². The summed E-state index contributed by atoms with van der Waals surface area (Å²) in [7, 11) is 0. The molecule has 0 bridgehead atoms. The van der Waals surface area contributed by atoms with Crippen LogP contribution >= 0.6 is 0 Å². The molecule has 0 saturated carbocycles. The number of anilines is 2. The van der Waals surface area contributed by atoms with Gasteiger partial charge in [0.1, 0.15) is 11.4 Å². The highest BCUT2D eigenvalue weighted by Gasteiger charge is 2.40. The third-order valence-corrected chi connectivity index (χ3v) is 5.98. The van der Waals surface area contributed by atoms with E-state index in [4.69, 9.17) is 4.74 Å². The van der Waals surface area contributed by atoms with Crippen molar-refractivity contribution in [3.05, 3.63) is 94.2 Å². The molecule has 2 amide bonds. The van der Waals surface area contributed by atoms with Crippen molar-refractivity contribution in [3.63, 3.8) is 0 Å². The summed E-state index contributed by atoms with van der Waals surface area (Å²) in [6.45, 7) is 11.9. The number of rotatable bonds is 6. The van der Waals surface area contributed by atoms with Crippen LogP contribution in [0.1, 0.15) is 41.7 Å². The lowest BCUT2D eigenvalue weighted by molar-refractivity contribution is -0.120. The van der Waals surface area contributed by atoms with Crippen LogP contribution in [0.15, 0.2) is 66.4 Å². The van der Waals surface area contributed by atoms with Crippen molar-refractivity contribution in [3.8, 4) is 5.75 Å². The molecule has 0 aromatic heterocycles. The fourth-order valence-corrected chi connectivity index (χ4v) is 4.12. The van der Waals surface area contributed by atoms with E-state index in [0.29, 0.717) is 16.9 Å². The monoisotopic (exact) mass is 454 g/mol. The van der Waals surface area contributed by atoms with Crippen LogP contribution in [0.2, 0.25) is 0 Å². The molecule has 4 rings (SSSR count). The molecule has 0 spiro atoms. The quantitative estimate of drug-likeness (QED) is 0.457. The van der Waals surface area contributed by atoms with Gasteiger partial charge in [-0.25, -0.2) is 4.90 Å². The standard InChI is InChI=1S/C29H30N2O3/c1-17(2)34-24-12-9-22(10-13-24)30-27-26(25-14-7-18(3)15-21(25)6)28(32)31(29(27)33)23-11-8-19(4)20(5)16-23/h7-17,30H,1-6H3. The van der Waals surface area contributed by atoms with Gasteiger partial charge in [0.2, 0.25) is 0 Å². The summed E-state index contributed by atoms with van der Waals surface area (Å²) < 4.78 is 5.72. The third-order valence-electron chi connectivity index (χ3n) is 5.98. The average Bonchev–Trinajstić information content (AvgIpc) is 3.01. The smallest absolute Gasteiger partial charge is 0.282 e. The molecule has 0 unspecified atom stereocenters. The van der Waals surface area contributed by atoms with Crippen molar-refractivity contribution >= 4 is 28.8 Å². The Morgan fingerprint density at radius 1 is 0.765 bits per heavy atom. The highest BCUT2D eigenvalue weighted by atomic mass is 16.5. The summed E-state index contributed by atoms with van der Waals surface area (Å²) in [5.41, 5.74) is 6.83. The van der Waals surface area contributed by atoms with Gasteiger partial charge in [-0.05, 0) is 100 Å². The molecule has 1 aliphatic rings. The van der Waals surface area contributed by atoms with Crippen LogP contribution < -0.4 is 15.0 Å². The molecule has 1 aliphatic heterocycles. The number of ether oxygens (including phenoxy) is 1. The number of aryl methyl sites for hydroxylation is 4. The van der Waals surface area contributed by atoms with E-state index in [0.717, 1.165) is 33.6 Å². The second kappa shape index (κ2) is 9.18. The predicted octanol–water partition coefficient (Wildman–Crippen LogP) is 6.10. The Balaban J connectivity index is 1.79. The zero-order chi connectivity index (χ0) is 24.6. The molecule has 1 N–H and O–H groups in total. The van der Waals surface area contributed by atoms with Crippen LogP contribution in [-0.2, 0) is 9.59 Å². The number of imide groups is 1. The molecular formula is C29H30N2O3. The first-order valence-corrected chi connectivity index (χ1v) is 11.5. The molecule has 0 radical (unpaired) electrons. The first-order valence-electron chi connectivity index (χ1n) is 11.5. The van der Waals surface area contributed by atoms with Crippen molar-refractivity contribution in [1.29, 1.82) is 0 Å². The molecule has 0 saturated heterocycles. The summed E-state index contributed by atoms with van der Waals surface area (Å²) >= 11 is 0. The van der Waals surface area contributed by atoms with Gasteiger partial charge in [-0.15, -0.1) is 0 Å². The molecule has 3 aromatic carbocycles. The maximum Gasteiger partial charge on any atom is 0.282 e. The summed E-state index contributed by atoms with van der Waals surface area (Å²) in [4.78, 5) is 28.6.